The Morgan fingerprint density at radius 1 is 0.968 bits per heavy atom. The summed E-state index contributed by atoms with van der Waals surface area (Å²) in [5.74, 6) is -2.16. The van der Waals surface area contributed by atoms with Crippen molar-refractivity contribution in [2.24, 2.45) is 0 Å². The molecule has 162 valence electrons. The molecule has 0 aromatic heterocycles. The van der Waals surface area contributed by atoms with Crippen molar-refractivity contribution >= 4 is 13.6 Å². The zero-order valence-electron chi connectivity index (χ0n) is 16.9. The van der Waals surface area contributed by atoms with Crippen molar-refractivity contribution in [3.05, 3.63) is 90.0 Å². The van der Waals surface area contributed by atoms with Crippen LogP contribution in [0, 0.1) is 0 Å². The van der Waals surface area contributed by atoms with Crippen molar-refractivity contribution in [1.82, 2.24) is 5.32 Å². The molecule has 3 rings (SSSR count). The molecule has 0 bridgehead atoms. The van der Waals surface area contributed by atoms with Gasteiger partial charge in [-0.3, -0.25) is 14.7 Å². The zero-order chi connectivity index (χ0) is 22.4. The first kappa shape index (κ1) is 22.7. The standard InChI is InChI=1S/C23H24NO6P/c1-30-21-15-18(16-8-4-2-5-9-16)12-13-19(21)14-20(23(25)26)24-22(31(27,28)29)17-10-6-3-7-11-17/h2-13,15,20,22,24H,14H2,1H3,(H,25,26)(H2,27,28,29)/t20-,22?/m0/s1. The third-order valence-corrected chi connectivity index (χ3v) is 6.05. The predicted octanol–water partition coefficient (Wildman–Crippen LogP) is 3.82. The van der Waals surface area contributed by atoms with Crippen molar-refractivity contribution in [3.8, 4) is 16.9 Å². The van der Waals surface area contributed by atoms with Gasteiger partial charge in [0.25, 0.3) is 0 Å². The molecule has 0 saturated heterocycles. The topological polar surface area (TPSA) is 116 Å². The van der Waals surface area contributed by atoms with Gasteiger partial charge in [0.15, 0.2) is 0 Å². The number of ether oxygens (including phenoxy) is 1. The molecule has 7 nitrogen and oxygen atoms in total. The summed E-state index contributed by atoms with van der Waals surface area (Å²) in [4.78, 5) is 31.6. The van der Waals surface area contributed by atoms with Gasteiger partial charge in [-0.05, 0) is 28.3 Å². The number of carboxylic acids is 1. The molecule has 0 aliphatic carbocycles. The lowest BCUT2D eigenvalue weighted by atomic mass is 9.99. The van der Waals surface area contributed by atoms with Crippen molar-refractivity contribution < 1.29 is 29.0 Å². The quantitative estimate of drug-likeness (QED) is 0.373. The van der Waals surface area contributed by atoms with Crippen molar-refractivity contribution in [3.63, 3.8) is 0 Å². The van der Waals surface area contributed by atoms with Crippen molar-refractivity contribution in [2.45, 2.75) is 18.2 Å². The highest BCUT2D eigenvalue weighted by Crippen LogP contribution is 2.50. The van der Waals surface area contributed by atoms with Gasteiger partial charge in [-0.15, -0.1) is 0 Å². The van der Waals surface area contributed by atoms with E-state index < -0.39 is 25.4 Å². The van der Waals surface area contributed by atoms with E-state index in [-0.39, 0.29) is 6.42 Å². The maximum Gasteiger partial charge on any atom is 0.346 e. The Kier molecular flexibility index (Phi) is 7.25. The Morgan fingerprint density at radius 2 is 1.58 bits per heavy atom. The summed E-state index contributed by atoms with van der Waals surface area (Å²) in [5, 5.41) is 12.4. The molecule has 3 aromatic carbocycles. The average Bonchev–Trinajstić information content (AvgIpc) is 2.76. The van der Waals surface area contributed by atoms with Gasteiger partial charge in [0, 0.05) is 6.42 Å². The Bertz CT molecular complexity index is 1070. The van der Waals surface area contributed by atoms with E-state index in [1.807, 2.05) is 42.5 Å². The zero-order valence-corrected chi connectivity index (χ0v) is 17.8. The number of carboxylic acid groups (broad SMARTS) is 1. The van der Waals surface area contributed by atoms with Crippen LogP contribution in [0.3, 0.4) is 0 Å². The van der Waals surface area contributed by atoms with E-state index in [1.165, 1.54) is 7.11 Å². The fraction of sp³-hybridized carbons (Fsp3) is 0.174. The lowest BCUT2D eigenvalue weighted by Gasteiger charge is -2.25. The Balaban J connectivity index is 1.89. The molecule has 0 amide bonds. The van der Waals surface area contributed by atoms with Crippen LogP contribution in [0.1, 0.15) is 16.9 Å². The number of hydrogen-bond acceptors (Lipinski definition) is 4. The second-order valence-electron chi connectivity index (χ2n) is 7.06. The van der Waals surface area contributed by atoms with Crippen LogP contribution in [0.5, 0.6) is 5.75 Å². The Hall–Kier alpha value is -2.96. The van der Waals surface area contributed by atoms with Gasteiger partial charge in [0.05, 0.1) is 7.11 Å². The molecular weight excluding hydrogens is 417 g/mol. The molecule has 0 saturated carbocycles. The molecule has 0 heterocycles. The van der Waals surface area contributed by atoms with Crippen molar-refractivity contribution in [2.75, 3.05) is 7.11 Å². The fourth-order valence-corrected chi connectivity index (χ4v) is 4.31. The Labute approximate surface area is 180 Å². The predicted molar refractivity (Wildman–Crippen MR) is 118 cm³/mol. The van der Waals surface area contributed by atoms with Crippen LogP contribution >= 0.6 is 7.60 Å². The summed E-state index contributed by atoms with van der Waals surface area (Å²) in [6, 6.07) is 22.0. The van der Waals surface area contributed by atoms with Crippen LogP contribution in [0.4, 0.5) is 0 Å². The highest BCUT2D eigenvalue weighted by atomic mass is 31.2. The molecular formula is C23H24NO6P. The SMILES string of the molecule is COc1cc(-c2ccccc2)ccc1C[C@H](NC(c1ccccc1)P(=O)(O)O)C(=O)O. The van der Waals surface area contributed by atoms with Gasteiger partial charge in [-0.2, -0.15) is 0 Å². The summed E-state index contributed by atoms with van der Waals surface area (Å²) in [6.45, 7) is 0. The average molecular weight is 441 g/mol. The van der Waals surface area contributed by atoms with Gasteiger partial charge in [0.1, 0.15) is 17.6 Å². The van der Waals surface area contributed by atoms with E-state index in [0.717, 1.165) is 11.1 Å². The molecule has 0 spiro atoms. The first-order chi connectivity index (χ1) is 14.8. The van der Waals surface area contributed by atoms with E-state index in [4.69, 9.17) is 4.74 Å². The van der Waals surface area contributed by atoms with Gasteiger partial charge in [0.2, 0.25) is 0 Å². The van der Waals surface area contributed by atoms with Gasteiger partial charge in [-0.1, -0.05) is 72.8 Å². The number of aliphatic carboxylic acids is 1. The Morgan fingerprint density at radius 3 is 2.13 bits per heavy atom. The number of carbonyl (C=O) groups is 1. The highest BCUT2D eigenvalue weighted by molar-refractivity contribution is 7.52. The maximum absolute atomic E-state index is 12.1. The van der Waals surface area contributed by atoms with E-state index in [9.17, 15) is 24.3 Å². The second-order valence-corrected chi connectivity index (χ2v) is 8.75. The number of benzene rings is 3. The summed E-state index contributed by atoms with van der Waals surface area (Å²) >= 11 is 0. The van der Waals surface area contributed by atoms with E-state index in [0.29, 0.717) is 16.9 Å². The van der Waals surface area contributed by atoms with Crippen LogP contribution in [0.25, 0.3) is 11.1 Å². The maximum atomic E-state index is 12.1. The van der Waals surface area contributed by atoms with Crippen LogP contribution in [0.15, 0.2) is 78.9 Å². The number of rotatable bonds is 9. The van der Waals surface area contributed by atoms with Gasteiger partial charge < -0.3 is 19.6 Å². The molecule has 3 aromatic rings. The molecule has 4 N–H and O–H groups in total. The third kappa shape index (κ3) is 5.81. The number of methoxy groups -OCH3 is 1. The van der Waals surface area contributed by atoms with Gasteiger partial charge in [-0.25, -0.2) is 0 Å². The molecule has 8 heteroatoms. The van der Waals surface area contributed by atoms with Crippen LogP contribution in [-0.4, -0.2) is 34.0 Å². The minimum atomic E-state index is -4.67. The van der Waals surface area contributed by atoms with E-state index >= 15 is 0 Å². The largest absolute Gasteiger partial charge is 0.496 e. The molecule has 0 aliphatic heterocycles. The van der Waals surface area contributed by atoms with Crippen LogP contribution < -0.4 is 10.1 Å². The molecule has 0 aliphatic rings. The fourth-order valence-electron chi connectivity index (χ4n) is 3.37. The smallest absolute Gasteiger partial charge is 0.346 e. The lowest BCUT2D eigenvalue weighted by molar-refractivity contribution is -0.139. The third-order valence-electron chi connectivity index (χ3n) is 4.93. The van der Waals surface area contributed by atoms with E-state index in [1.54, 1.807) is 36.4 Å². The summed E-state index contributed by atoms with van der Waals surface area (Å²) in [5.41, 5.74) is 2.83. The minimum Gasteiger partial charge on any atom is -0.496 e. The number of nitrogens with one attached hydrogen (secondary N) is 1. The molecule has 1 unspecified atom stereocenters. The minimum absolute atomic E-state index is 0.0170. The summed E-state index contributed by atoms with van der Waals surface area (Å²) in [7, 11) is -3.17. The number of hydrogen-bond donors (Lipinski definition) is 4. The molecule has 2 atom stereocenters. The van der Waals surface area contributed by atoms with E-state index in [2.05, 4.69) is 5.32 Å². The summed E-state index contributed by atoms with van der Waals surface area (Å²) < 4.78 is 17.6. The highest BCUT2D eigenvalue weighted by Gasteiger charge is 2.34. The molecule has 0 radical (unpaired) electrons. The van der Waals surface area contributed by atoms with Gasteiger partial charge >= 0.3 is 13.6 Å². The first-order valence-electron chi connectivity index (χ1n) is 9.61. The second kappa shape index (κ2) is 9.90. The summed E-state index contributed by atoms with van der Waals surface area (Å²) in [6.07, 6.45) is -0.0170. The monoisotopic (exact) mass is 441 g/mol. The first-order valence-corrected chi connectivity index (χ1v) is 11.3. The van der Waals surface area contributed by atoms with Crippen LogP contribution in [0.2, 0.25) is 0 Å². The van der Waals surface area contributed by atoms with Crippen LogP contribution in [-0.2, 0) is 15.8 Å². The normalized spacial score (nSPS) is 13.4. The molecule has 0 fully saturated rings. The van der Waals surface area contributed by atoms with Crippen molar-refractivity contribution in [1.29, 1.82) is 0 Å². The lowest BCUT2D eigenvalue weighted by Crippen LogP contribution is -2.40. The molecule has 31 heavy (non-hydrogen) atoms.